The summed E-state index contributed by atoms with van der Waals surface area (Å²) in [6.07, 6.45) is 0.869. The van der Waals surface area contributed by atoms with Crippen molar-refractivity contribution in [2.45, 2.75) is 13.3 Å². The van der Waals surface area contributed by atoms with Gasteiger partial charge < -0.3 is 10.0 Å². The number of hydrogen-bond donors (Lipinski definition) is 1. The molecule has 6 heteroatoms. The van der Waals surface area contributed by atoms with E-state index in [1.165, 1.54) is 11.5 Å². The van der Waals surface area contributed by atoms with E-state index in [2.05, 4.69) is 9.36 Å². The third-order valence-electron chi connectivity index (χ3n) is 2.54. The summed E-state index contributed by atoms with van der Waals surface area (Å²) in [5.41, 5.74) is 0.941. The van der Waals surface area contributed by atoms with Gasteiger partial charge in [0.2, 0.25) is 5.13 Å². The largest absolute Gasteiger partial charge is 0.480 e. The number of aliphatic carboxylic acids is 1. The fourth-order valence-corrected chi connectivity index (χ4v) is 2.44. The molecular formula is C13H15N3O2S. The molecule has 0 fully saturated rings. The van der Waals surface area contributed by atoms with Crippen LogP contribution in [0.1, 0.15) is 13.3 Å². The molecule has 5 nitrogen and oxygen atoms in total. The highest BCUT2D eigenvalue weighted by molar-refractivity contribution is 7.09. The molecule has 0 aliphatic carbocycles. The monoisotopic (exact) mass is 277 g/mol. The van der Waals surface area contributed by atoms with Crippen molar-refractivity contribution in [2.24, 2.45) is 0 Å². The Kier molecular flexibility index (Phi) is 4.46. The van der Waals surface area contributed by atoms with Crippen LogP contribution in [-0.4, -0.2) is 33.5 Å². The highest BCUT2D eigenvalue weighted by Crippen LogP contribution is 2.23. The van der Waals surface area contributed by atoms with Gasteiger partial charge in [0.1, 0.15) is 6.54 Å². The van der Waals surface area contributed by atoms with Crippen molar-refractivity contribution in [1.82, 2.24) is 9.36 Å². The van der Waals surface area contributed by atoms with Crippen molar-refractivity contribution in [3.05, 3.63) is 30.3 Å². The Morgan fingerprint density at radius 3 is 2.74 bits per heavy atom. The Morgan fingerprint density at radius 2 is 2.11 bits per heavy atom. The molecule has 1 heterocycles. The van der Waals surface area contributed by atoms with Crippen molar-refractivity contribution >= 4 is 22.6 Å². The highest BCUT2D eigenvalue weighted by Gasteiger charge is 2.15. The molecule has 2 rings (SSSR count). The minimum absolute atomic E-state index is 0.0444. The molecule has 0 spiro atoms. The third kappa shape index (κ3) is 3.51. The predicted octanol–water partition coefficient (Wildman–Crippen LogP) is 2.51. The molecule has 0 unspecified atom stereocenters. The lowest BCUT2D eigenvalue weighted by atomic mass is 10.2. The molecule has 0 atom stereocenters. The second-order valence-corrected chi connectivity index (χ2v) is 4.81. The van der Waals surface area contributed by atoms with Crippen molar-refractivity contribution < 1.29 is 9.90 Å². The van der Waals surface area contributed by atoms with Crippen molar-refractivity contribution in [3.63, 3.8) is 0 Å². The zero-order chi connectivity index (χ0) is 13.7. The van der Waals surface area contributed by atoms with E-state index in [0.717, 1.165) is 12.0 Å². The molecule has 0 saturated carbocycles. The van der Waals surface area contributed by atoms with Gasteiger partial charge in [0.25, 0.3) is 0 Å². The molecule has 0 aliphatic rings. The summed E-state index contributed by atoms with van der Waals surface area (Å²) in [6.45, 7) is 2.63. The minimum atomic E-state index is -0.857. The lowest BCUT2D eigenvalue weighted by Gasteiger charge is -2.17. The number of anilines is 1. The molecule has 0 bridgehead atoms. The van der Waals surface area contributed by atoms with Gasteiger partial charge in [-0.3, -0.25) is 4.79 Å². The van der Waals surface area contributed by atoms with Gasteiger partial charge in [0.05, 0.1) is 0 Å². The second-order valence-electron chi connectivity index (χ2n) is 4.08. The fraction of sp³-hybridized carbons (Fsp3) is 0.308. The molecule has 2 aromatic rings. The van der Waals surface area contributed by atoms with Crippen LogP contribution in [0.4, 0.5) is 5.13 Å². The molecule has 0 amide bonds. The molecule has 19 heavy (non-hydrogen) atoms. The number of benzene rings is 1. The first kappa shape index (κ1) is 13.5. The number of rotatable bonds is 6. The average molecular weight is 277 g/mol. The zero-order valence-electron chi connectivity index (χ0n) is 10.6. The Bertz CT molecular complexity index is 542. The van der Waals surface area contributed by atoms with Gasteiger partial charge in [0, 0.05) is 23.6 Å². The smallest absolute Gasteiger partial charge is 0.323 e. The quantitative estimate of drug-likeness (QED) is 0.878. The van der Waals surface area contributed by atoms with E-state index in [1.807, 2.05) is 37.3 Å². The summed E-state index contributed by atoms with van der Waals surface area (Å²) in [5.74, 6) is -0.211. The lowest BCUT2D eigenvalue weighted by molar-refractivity contribution is -0.135. The molecule has 0 saturated heterocycles. The lowest BCUT2D eigenvalue weighted by Crippen LogP contribution is -2.30. The Balaban J connectivity index is 2.21. The zero-order valence-corrected chi connectivity index (χ0v) is 11.4. The third-order valence-corrected chi connectivity index (χ3v) is 3.31. The number of carboxylic acids is 1. The van der Waals surface area contributed by atoms with Gasteiger partial charge in [-0.2, -0.15) is 9.36 Å². The van der Waals surface area contributed by atoms with Gasteiger partial charge in [-0.1, -0.05) is 37.3 Å². The SMILES string of the molecule is CCCN(CC(=O)O)c1nc(-c2ccccc2)ns1. The topological polar surface area (TPSA) is 66.3 Å². The molecule has 1 aromatic carbocycles. The average Bonchev–Trinajstić information content (AvgIpc) is 2.88. The number of hydrogen-bond acceptors (Lipinski definition) is 5. The van der Waals surface area contributed by atoms with Crippen LogP contribution < -0.4 is 4.90 Å². The van der Waals surface area contributed by atoms with E-state index in [1.54, 1.807) is 4.90 Å². The van der Waals surface area contributed by atoms with Crippen LogP contribution in [-0.2, 0) is 4.79 Å². The van der Waals surface area contributed by atoms with E-state index in [-0.39, 0.29) is 6.54 Å². The predicted molar refractivity (Wildman–Crippen MR) is 75.5 cm³/mol. The summed E-state index contributed by atoms with van der Waals surface area (Å²) in [7, 11) is 0. The van der Waals surface area contributed by atoms with Crippen LogP contribution in [0.2, 0.25) is 0 Å². The van der Waals surface area contributed by atoms with Gasteiger partial charge in [-0.15, -0.1) is 0 Å². The summed E-state index contributed by atoms with van der Waals surface area (Å²) in [4.78, 5) is 17.0. The summed E-state index contributed by atoms with van der Waals surface area (Å²) >= 11 is 1.24. The second kappa shape index (κ2) is 6.29. The number of nitrogens with zero attached hydrogens (tertiary/aromatic N) is 3. The maximum Gasteiger partial charge on any atom is 0.323 e. The number of carboxylic acid groups (broad SMARTS) is 1. The fourth-order valence-electron chi connectivity index (χ4n) is 1.72. The Labute approximate surface area is 115 Å². The van der Waals surface area contributed by atoms with Gasteiger partial charge in [0.15, 0.2) is 5.82 Å². The molecule has 100 valence electrons. The molecule has 1 aromatic heterocycles. The molecular weight excluding hydrogens is 262 g/mol. The summed E-state index contributed by atoms with van der Waals surface area (Å²) in [6, 6.07) is 9.67. The van der Waals surface area contributed by atoms with Crippen LogP contribution >= 0.6 is 11.5 Å². The van der Waals surface area contributed by atoms with Crippen LogP contribution in [0.25, 0.3) is 11.4 Å². The number of aromatic nitrogens is 2. The van der Waals surface area contributed by atoms with Crippen molar-refractivity contribution in [3.8, 4) is 11.4 Å². The molecule has 0 aliphatic heterocycles. The van der Waals surface area contributed by atoms with Gasteiger partial charge in [-0.25, -0.2) is 0 Å². The minimum Gasteiger partial charge on any atom is -0.480 e. The highest BCUT2D eigenvalue weighted by atomic mass is 32.1. The first-order valence-corrected chi connectivity index (χ1v) is 6.84. The van der Waals surface area contributed by atoms with Crippen molar-refractivity contribution in [1.29, 1.82) is 0 Å². The van der Waals surface area contributed by atoms with E-state index in [9.17, 15) is 4.79 Å². The Morgan fingerprint density at radius 1 is 1.37 bits per heavy atom. The molecule has 0 radical (unpaired) electrons. The normalized spacial score (nSPS) is 10.4. The first-order chi connectivity index (χ1) is 9.20. The Hall–Kier alpha value is -1.95. The maximum atomic E-state index is 10.8. The number of carbonyl (C=O) groups is 1. The standard InChI is InChI=1S/C13H15N3O2S/c1-2-8-16(9-11(17)18)13-14-12(15-19-13)10-6-4-3-5-7-10/h3-7H,2,8-9H2,1H3,(H,17,18). The van der Waals surface area contributed by atoms with E-state index < -0.39 is 5.97 Å². The first-order valence-electron chi connectivity index (χ1n) is 6.06. The van der Waals surface area contributed by atoms with E-state index in [4.69, 9.17) is 5.11 Å². The van der Waals surface area contributed by atoms with Crippen LogP contribution in [0.5, 0.6) is 0 Å². The van der Waals surface area contributed by atoms with Crippen LogP contribution in [0.3, 0.4) is 0 Å². The molecule has 1 N–H and O–H groups in total. The van der Waals surface area contributed by atoms with E-state index in [0.29, 0.717) is 17.5 Å². The van der Waals surface area contributed by atoms with Gasteiger partial charge >= 0.3 is 5.97 Å². The van der Waals surface area contributed by atoms with Crippen LogP contribution in [0.15, 0.2) is 30.3 Å². The van der Waals surface area contributed by atoms with E-state index >= 15 is 0 Å². The van der Waals surface area contributed by atoms with Gasteiger partial charge in [-0.05, 0) is 6.42 Å². The van der Waals surface area contributed by atoms with Crippen molar-refractivity contribution in [2.75, 3.05) is 18.0 Å². The summed E-state index contributed by atoms with van der Waals surface area (Å²) in [5, 5.41) is 9.57. The summed E-state index contributed by atoms with van der Waals surface area (Å²) < 4.78 is 4.29. The van der Waals surface area contributed by atoms with Crippen LogP contribution in [0, 0.1) is 0 Å². The maximum absolute atomic E-state index is 10.8.